The molecule has 1 saturated heterocycles. The highest BCUT2D eigenvalue weighted by atomic mass is 19.1. The largest absolute Gasteiger partial charge is 0.378 e. The lowest BCUT2D eigenvalue weighted by Gasteiger charge is -2.27. The summed E-state index contributed by atoms with van der Waals surface area (Å²) in [5.74, 6) is 0.357. The third-order valence-corrected chi connectivity index (χ3v) is 2.92. The summed E-state index contributed by atoms with van der Waals surface area (Å²) in [6.45, 7) is 3.62. The molecular weight excluding hydrogens is 233 g/mol. The Hall–Kier alpha value is -1.62. The van der Waals surface area contributed by atoms with Crippen molar-refractivity contribution in [1.29, 1.82) is 0 Å². The number of halogens is 1. The summed E-state index contributed by atoms with van der Waals surface area (Å²) in [5, 5.41) is 0. The molecule has 1 heterocycles. The van der Waals surface area contributed by atoms with Gasteiger partial charge in [0.15, 0.2) is 5.96 Å². The van der Waals surface area contributed by atoms with Crippen LogP contribution in [-0.4, -0.2) is 43.7 Å². The first-order valence-corrected chi connectivity index (χ1v) is 6.13. The van der Waals surface area contributed by atoms with Crippen molar-refractivity contribution in [1.82, 2.24) is 4.90 Å². The summed E-state index contributed by atoms with van der Waals surface area (Å²) in [7, 11) is 0. The fraction of sp³-hybridized carbons (Fsp3) is 0.462. The minimum Gasteiger partial charge on any atom is -0.378 e. The number of nitrogens with zero attached hydrogens (tertiary/aromatic N) is 2. The average Bonchev–Trinajstić information content (AvgIpc) is 2.42. The molecule has 0 aromatic heterocycles. The molecule has 0 radical (unpaired) electrons. The third kappa shape index (κ3) is 3.70. The highest BCUT2D eigenvalue weighted by molar-refractivity contribution is 5.78. The van der Waals surface area contributed by atoms with E-state index >= 15 is 0 Å². The topological polar surface area (TPSA) is 50.8 Å². The van der Waals surface area contributed by atoms with Crippen LogP contribution in [0.25, 0.3) is 0 Å². The number of guanidine groups is 1. The molecule has 0 atom stereocenters. The zero-order valence-electron chi connectivity index (χ0n) is 10.3. The maximum atomic E-state index is 12.7. The van der Waals surface area contributed by atoms with Gasteiger partial charge in [-0.1, -0.05) is 12.1 Å². The minimum atomic E-state index is -0.213. The molecule has 0 saturated carbocycles. The SMILES string of the molecule is NC(=NCCc1ccc(F)cc1)N1CCOCC1. The predicted molar refractivity (Wildman–Crippen MR) is 69.0 cm³/mol. The number of morpholine rings is 1. The van der Waals surface area contributed by atoms with Crippen LogP contribution in [0.15, 0.2) is 29.3 Å². The van der Waals surface area contributed by atoms with Gasteiger partial charge in [-0.15, -0.1) is 0 Å². The van der Waals surface area contributed by atoms with Gasteiger partial charge < -0.3 is 15.4 Å². The lowest BCUT2D eigenvalue weighted by Crippen LogP contribution is -2.44. The Labute approximate surface area is 106 Å². The van der Waals surface area contributed by atoms with Gasteiger partial charge in [-0.2, -0.15) is 0 Å². The first-order valence-electron chi connectivity index (χ1n) is 6.13. The summed E-state index contributed by atoms with van der Waals surface area (Å²) in [6, 6.07) is 6.47. The smallest absolute Gasteiger partial charge is 0.191 e. The Bertz CT molecular complexity index is 399. The molecule has 0 aliphatic carbocycles. The van der Waals surface area contributed by atoms with Gasteiger partial charge >= 0.3 is 0 Å². The molecule has 98 valence electrons. The van der Waals surface area contributed by atoms with E-state index in [9.17, 15) is 4.39 Å². The van der Waals surface area contributed by atoms with Crippen molar-refractivity contribution in [3.63, 3.8) is 0 Å². The second kappa shape index (κ2) is 6.35. The number of benzene rings is 1. The fourth-order valence-corrected chi connectivity index (χ4v) is 1.84. The summed E-state index contributed by atoms with van der Waals surface area (Å²) in [5.41, 5.74) is 6.96. The highest BCUT2D eigenvalue weighted by Gasteiger charge is 2.11. The average molecular weight is 251 g/mol. The number of hydrogen-bond donors (Lipinski definition) is 1. The quantitative estimate of drug-likeness (QED) is 0.644. The fourth-order valence-electron chi connectivity index (χ4n) is 1.84. The highest BCUT2D eigenvalue weighted by Crippen LogP contribution is 2.04. The first kappa shape index (κ1) is 12.8. The molecule has 1 aromatic carbocycles. The molecular formula is C13H18FN3O. The molecule has 2 rings (SSSR count). The number of rotatable bonds is 3. The standard InChI is InChI=1S/C13H18FN3O/c14-12-3-1-11(2-4-12)5-6-16-13(15)17-7-9-18-10-8-17/h1-4H,5-10H2,(H2,15,16). The van der Waals surface area contributed by atoms with E-state index in [0.29, 0.717) is 25.7 Å². The van der Waals surface area contributed by atoms with Gasteiger partial charge in [0, 0.05) is 19.6 Å². The van der Waals surface area contributed by atoms with Crippen molar-refractivity contribution in [3.8, 4) is 0 Å². The Morgan fingerprint density at radius 3 is 2.61 bits per heavy atom. The van der Waals surface area contributed by atoms with Crippen molar-refractivity contribution in [3.05, 3.63) is 35.6 Å². The molecule has 1 aliphatic rings. The van der Waals surface area contributed by atoms with Crippen LogP contribution in [0.5, 0.6) is 0 Å². The Kier molecular flexibility index (Phi) is 4.52. The molecule has 0 bridgehead atoms. The number of aliphatic imine (C=N–C) groups is 1. The van der Waals surface area contributed by atoms with Crippen LogP contribution in [-0.2, 0) is 11.2 Å². The Morgan fingerprint density at radius 1 is 1.28 bits per heavy atom. The summed E-state index contributed by atoms with van der Waals surface area (Å²) in [4.78, 5) is 6.36. The lowest BCUT2D eigenvalue weighted by atomic mass is 10.1. The molecule has 4 nitrogen and oxygen atoms in total. The molecule has 1 aliphatic heterocycles. The number of hydrogen-bond acceptors (Lipinski definition) is 2. The maximum Gasteiger partial charge on any atom is 0.191 e. The van der Waals surface area contributed by atoms with E-state index < -0.39 is 0 Å². The van der Waals surface area contributed by atoms with Gasteiger partial charge in [0.25, 0.3) is 0 Å². The van der Waals surface area contributed by atoms with Gasteiger partial charge in [0.1, 0.15) is 5.82 Å². The molecule has 5 heteroatoms. The van der Waals surface area contributed by atoms with Crippen LogP contribution in [0.2, 0.25) is 0 Å². The lowest BCUT2D eigenvalue weighted by molar-refractivity contribution is 0.0674. The molecule has 1 fully saturated rings. The van der Waals surface area contributed by atoms with E-state index in [-0.39, 0.29) is 5.82 Å². The van der Waals surface area contributed by atoms with Gasteiger partial charge in [-0.05, 0) is 24.1 Å². The Balaban J connectivity index is 1.81. The Morgan fingerprint density at radius 2 is 1.94 bits per heavy atom. The van der Waals surface area contributed by atoms with Crippen LogP contribution < -0.4 is 5.73 Å². The maximum absolute atomic E-state index is 12.7. The zero-order chi connectivity index (χ0) is 12.8. The summed E-state index contributed by atoms with van der Waals surface area (Å²) < 4.78 is 18.0. The zero-order valence-corrected chi connectivity index (χ0v) is 10.3. The van der Waals surface area contributed by atoms with E-state index in [2.05, 4.69) is 4.99 Å². The molecule has 1 aromatic rings. The van der Waals surface area contributed by atoms with Gasteiger partial charge in [-0.3, -0.25) is 4.99 Å². The van der Waals surface area contributed by atoms with E-state index in [1.165, 1.54) is 12.1 Å². The van der Waals surface area contributed by atoms with E-state index in [1.54, 1.807) is 12.1 Å². The van der Waals surface area contributed by atoms with Crippen molar-refractivity contribution < 1.29 is 9.13 Å². The predicted octanol–water partition coefficient (Wildman–Crippen LogP) is 1.02. The monoisotopic (exact) mass is 251 g/mol. The second-order valence-electron chi connectivity index (χ2n) is 4.22. The van der Waals surface area contributed by atoms with E-state index in [0.717, 1.165) is 25.1 Å². The van der Waals surface area contributed by atoms with Gasteiger partial charge in [-0.25, -0.2) is 4.39 Å². The molecule has 0 amide bonds. The number of nitrogens with two attached hydrogens (primary N) is 1. The van der Waals surface area contributed by atoms with Crippen molar-refractivity contribution in [2.24, 2.45) is 10.7 Å². The second-order valence-corrected chi connectivity index (χ2v) is 4.22. The molecule has 2 N–H and O–H groups in total. The van der Waals surface area contributed by atoms with Gasteiger partial charge in [0.05, 0.1) is 13.2 Å². The van der Waals surface area contributed by atoms with Gasteiger partial charge in [0.2, 0.25) is 0 Å². The van der Waals surface area contributed by atoms with E-state index in [1.807, 2.05) is 4.90 Å². The van der Waals surface area contributed by atoms with Crippen LogP contribution in [0.3, 0.4) is 0 Å². The number of ether oxygens (including phenoxy) is 1. The summed E-state index contributed by atoms with van der Waals surface area (Å²) in [6.07, 6.45) is 0.769. The third-order valence-electron chi connectivity index (χ3n) is 2.92. The minimum absolute atomic E-state index is 0.213. The van der Waals surface area contributed by atoms with Crippen molar-refractivity contribution in [2.75, 3.05) is 32.8 Å². The van der Waals surface area contributed by atoms with Crippen molar-refractivity contribution >= 4 is 5.96 Å². The molecule has 18 heavy (non-hydrogen) atoms. The molecule has 0 spiro atoms. The van der Waals surface area contributed by atoms with Crippen LogP contribution >= 0.6 is 0 Å². The van der Waals surface area contributed by atoms with Crippen LogP contribution in [0.1, 0.15) is 5.56 Å². The molecule has 0 unspecified atom stereocenters. The van der Waals surface area contributed by atoms with E-state index in [4.69, 9.17) is 10.5 Å². The van der Waals surface area contributed by atoms with Crippen LogP contribution in [0, 0.1) is 5.82 Å². The summed E-state index contributed by atoms with van der Waals surface area (Å²) >= 11 is 0. The normalized spacial score (nSPS) is 16.9. The van der Waals surface area contributed by atoms with Crippen LogP contribution in [0.4, 0.5) is 4.39 Å². The first-order chi connectivity index (χ1) is 8.75. The van der Waals surface area contributed by atoms with Crippen molar-refractivity contribution in [2.45, 2.75) is 6.42 Å².